The van der Waals surface area contributed by atoms with Crippen molar-refractivity contribution < 1.29 is 9.21 Å². The number of thiocarbonyl (C=S) groups is 2. The van der Waals surface area contributed by atoms with Crippen molar-refractivity contribution >= 4 is 52.3 Å². The summed E-state index contributed by atoms with van der Waals surface area (Å²) >= 11 is 10.1. The fraction of sp³-hybridized carbons (Fsp3) is 0. The van der Waals surface area contributed by atoms with Crippen molar-refractivity contribution in [2.75, 3.05) is 5.32 Å². The summed E-state index contributed by atoms with van der Waals surface area (Å²) in [5.74, 6) is 0.188. The second kappa shape index (κ2) is 8.66. The van der Waals surface area contributed by atoms with Gasteiger partial charge in [-0.15, -0.1) is 0 Å². The molecule has 6 nitrogen and oxygen atoms in total. The molecule has 0 saturated carbocycles. The van der Waals surface area contributed by atoms with Gasteiger partial charge in [-0.25, -0.2) is 0 Å². The molecule has 0 radical (unpaired) electrons. The molecule has 2 aromatic rings. The van der Waals surface area contributed by atoms with Crippen LogP contribution in [-0.4, -0.2) is 16.1 Å². The molecule has 0 aliphatic rings. The van der Waals surface area contributed by atoms with Gasteiger partial charge in [0, 0.05) is 11.8 Å². The molecule has 0 unspecified atom stereocenters. The molecule has 0 bridgehead atoms. The average molecular weight is 346 g/mol. The minimum absolute atomic E-state index is 0.0938. The SMILES string of the molecule is O=C(C=Cc1ccco1)NC(=S)NNC(=S)Nc1ccccc1. The maximum absolute atomic E-state index is 11.6. The van der Waals surface area contributed by atoms with Gasteiger partial charge in [-0.05, 0) is 54.8 Å². The van der Waals surface area contributed by atoms with Gasteiger partial charge in [-0.3, -0.25) is 21.0 Å². The van der Waals surface area contributed by atoms with E-state index in [1.54, 1.807) is 12.1 Å². The maximum atomic E-state index is 11.6. The van der Waals surface area contributed by atoms with Crippen LogP contribution in [-0.2, 0) is 4.79 Å². The van der Waals surface area contributed by atoms with E-state index in [0.717, 1.165) is 5.69 Å². The van der Waals surface area contributed by atoms with E-state index in [9.17, 15) is 4.79 Å². The molecule has 1 aromatic heterocycles. The number of amides is 1. The zero-order valence-electron chi connectivity index (χ0n) is 11.9. The van der Waals surface area contributed by atoms with Crippen LogP contribution in [0.4, 0.5) is 5.69 Å². The van der Waals surface area contributed by atoms with Gasteiger partial charge in [0.2, 0.25) is 5.91 Å². The van der Waals surface area contributed by atoms with Gasteiger partial charge < -0.3 is 9.73 Å². The lowest BCUT2D eigenvalue weighted by Gasteiger charge is -2.13. The zero-order chi connectivity index (χ0) is 16.5. The number of rotatable bonds is 3. The fourth-order valence-electron chi connectivity index (χ4n) is 1.53. The molecule has 0 aliphatic carbocycles. The first kappa shape index (κ1) is 16.7. The number of furan rings is 1. The Bertz CT molecular complexity index is 700. The molecule has 0 saturated heterocycles. The van der Waals surface area contributed by atoms with E-state index in [0.29, 0.717) is 10.9 Å². The highest BCUT2D eigenvalue weighted by atomic mass is 32.1. The summed E-state index contributed by atoms with van der Waals surface area (Å²) < 4.78 is 5.07. The minimum Gasteiger partial charge on any atom is -0.465 e. The van der Waals surface area contributed by atoms with Gasteiger partial charge in [0.15, 0.2) is 10.2 Å². The number of anilines is 1. The van der Waals surface area contributed by atoms with Crippen LogP contribution in [0.3, 0.4) is 0 Å². The van der Waals surface area contributed by atoms with E-state index in [-0.39, 0.29) is 11.0 Å². The Hall–Kier alpha value is -2.71. The third-order valence-corrected chi connectivity index (χ3v) is 2.91. The Morgan fingerprint density at radius 1 is 1.00 bits per heavy atom. The molecule has 2 rings (SSSR count). The molecule has 0 fully saturated rings. The lowest BCUT2D eigenvalue weighted by molar-refractivity contribution is -0.115. The van der Waals surface area contributed by atoms with Crippen LogP contribution in [0.1, 0.15) is 5.76 Å². The predicted molar refractivity (Wildman–Crippen MR) is 97.4 cm³/mol. The number of nitrogens with one attached hydrogen (secondary N) is 4. The molecule has 0 atom stereocenters. The highest BCUT2D eigenvalue weighted by molar-refractivity contribution is 7.80. The van der Waals surface area contributed by atoms with Crippen molar-refractivity contribution in [3.63, 3.8) is 0 Å². The van der Waals surface area contributed by atoms with Gasteiger partial charge in [-0.1, -0.05) is 18.2 Å². The second-order valence-electron chi connectivity index (χ2n) is 4.24. The molecular weight excluding hydrogens is 332 g/mol. The standard InChI is InChI=1S/C15H14N4O2S2/c20-13(9-8-12-7-4-10-21-12)17-15(23)19-18-14(22)16-11-5-2-1-3-6-11/h1-10H,(H2,16,18,22)(H2,17,19,20,23). The van der Waals surface area contributed by atoms with Crippen molar-refractivity contribution in [2.45, 2.75) is 0 Å². The van der Waals surface area contributed by atoms with Crippen molar-refractivity contribution in [2.24, 2.45) is 0 Å². The second-order valence-corrected chi connectivity index (χ2v) is 5.05. The lowest BCUT2D eigenvalue weighted by Crippen LogP contribution is -2.49. The summed E-state index contributed by atoms with van der Waals surface area (Å²) in [7, 11) is 0. The molecule has 1 aromatic carbocycles. The van der Waals surface area contributed by atoms with Gasteiger partial charge in [-0.2, -0.15) is 0 Å². The number of carbonyl (C=O) groups is 1. The Morgan fingerprint density at radius 2 is 1.74 bits per heavy atom. The van der Waals surface area contributed by atoms with Gasteiger partial charge in [0.25, 0.3) is 0 Å². The van der Waals surface area contributed by atoms with Crippen molar-refractivity contribution in [1.29, 1.82) is 0 Å². The smallest absolute Gasteiger partial charge is 0.250 e. The fourth-order valence-corrected chi connectivity index (χ4v) is 1.85. The van der Waals surface area contributed by atoms with E-state index in [4.69, 9.17) is 28.9 Å². The van der Waals surface area contributed by atoms with Crippen LogP contribution in [0, 0.1) is 0 Å². The largest absolute Gasteiger partial charge is 0.465 e. The summed E-state index contributed by atoms with van der Waals surface area (Å²) in [6.07, 6.45) is 4.37. The molecule has 1 heterocycles. The van der Waals surface area contributed by atoms with E-state index in [2.05, 4.69) is 21.5 Å². The number of hydrazine groups is 1. The molecule has 4 N–H and O–H groups in total. The van der Waals surface area contributed by atoms with Crippen LogP contribution < -0.4 is 21.5 Å². The molecule has 23 heavy (non-hydrogen) atoms. The topological polar surface area (TPSA) is 78.3 Å². The van der Waals surface area contributed by atoms with Crippen LogP contribution in [0.5, 0.6) is 0 Å². The summed E-state index contributed by atoms with van der Waals surface area (Å²) in [5.41, 5.74) is 6.13. The van der Waals surface area contributed by atoms with Crippen LogP contribution in [0.25, 0.3) is 6.08 Å². The van der Waals surface area contributed by atoms with E-state index >= 15 is 0 Å². The molecular formula is C15H14N4O2S2. The molecule has 1 amide bonds. The summed E-state index contributed by atoms with van der Waals surface area (Å²) in [6.45, 7) is 0. The highest BCUT2D eigenvalue weighted by Crippen LogP contribution is 2.04. The zero-order valence-corrected chi connectivity index (χ0v) is 13.5. The summed E-state index contributed by atoms with van der Waals surface area (Å²) in [4.78, 5) is 11.6. The summed E-state index contributed by atoms with van der Waals surface area (Å²) in [6, 6.07) is 12.9. The summed E-state index contributed by atoms with van der Waals surface area (Å²) in [5, 5.41) is 5.83. The van der Waals surface area contributed by atoms with Crippen LogP contribution in [0.2, 0.25) is 0 Å². The number of para-hydroxylation sites is 1. The van der Waals surface area contributed by atoms with Gasteiger partial charge in [0.05, 0.1) is 6.26 Å². The van der Waals surface area contributed by atoms with E-state index < -0.39 is 0 Å². The first-order valence-electron chi connectivity index (χ1n) is 6.58. The number of hydrogen-bond donors (Lipinski definition) is 4. The third kappa shape index (κ3) is 6.29. The number of hydrogen-bond acceptors (Lipinski definition) is 4. The first-order valence-corrected chi connectivity index (χ1v) is 7.40. The molecule has 0 aliphatic heterocycles. The maximum Gasteiger partial charge on any atom is 0.250 e. The van der Waals surface area contributed by atoms with Crippen molar-refractivity contribution in [3.8, 4) is 0 Å². The highest BCUT2D eigenvalue weighted by Gasteiger charge is 2.02. The van der Waals surface area contributed by atoms with E-state index in [1.165, 1.54) is 18.4 Å². The molecule has 118 valence electrons. The first-order chi connectivity index (χ1) is 11.1. The quantitative estimate of drug-likeness (QED) is 0.385. The average Bonchev–Trinajstić information content (AvgIpc) is 3.05. The third-order valence-electron chi connectivity index (χ3n) is 2.50. The molecule has 8 heteroatoms. The Labute approximate surface area is 143 Å². The number of carbonyl (C=O) groups excluding carboxylic acids is 1. The Kier molecular flexibility index (Phi) is 6.28. The number of benzene rings is 1. The van der Waals surface area contributed by atoms with E-state index in [1.807, 2.05) is 30.3 Å². The van der Waals surface area contributed by atoms with Crippen LogP contribution >= 0.6 is 24.4 Å². The van der Waals surface area contributed by atoms with Gasteiger partial charge in [0.1, 0.15) is 5.76 Å². The minimum atomic E-state index is -0.386. The molecule has 0 spiro atoms. The monoisotopic (exact) mass is 346 g/mol. The van der Waals surface area contributed by atoms with Gasteiger partial charge >= 0.3 is 0 Å². The Balaban J connectivity index is 1.70. The predicted octanol–water partition coefficient (Wildman–Crippen LogP) is 2.19. The van der Waals surface area contributed by atoms with Crippen LogP contribution in [0.15, 0.2) is 59.2 Å². The normalized spacial score (nSPS) is 10.1. The Morgan fingerprint density at radius 3 is 2.43 bits per heavy atom. The van der Waals surface area contributed by atoms with Crippen molar-refractivity contribution in [3.05, 3.63) is 60.6 Å². The van der Waals surface area contributed by atoms with Crippen molar-refractivity contribution in [1.82, 2.24) is 16.2 Å². The lowest BCUT2D eigenvalue weighted by atomic mass is 10.3.